The molecule has 0 fully saturated rings. The third kappa shape index (κ3) is 3.79. The van der Waals surface area contributed by atoms with Gasteiger partial charge in [-0.1, -0.05) is 25.5 Å². The van der Waals surface area contributed by atoms with Gasteiger partial charge in [-0.25, -0.2) is 4.98 Å². The van der Waals surface area contributed by atoms with E-state index in [0.717, 1.165) is 24.1 Å². The summed E-state index contributed by atoms with van der Waals surface area (Å²) in [5, 5.41) is 5.38. The Morgan fingerprint density at radius 2 is 2.32 bits per heavy atom. The number of nitrogens with zero attached hydrogens (tertiary/aromatic N) is 1. The molecule has 0 aliphatic carbocycles. The molecule has 1 heterocycles. The zero-order chi connectivity index (χ0) is 13.7. The van der Waals surface area contributed by atoms with Gasteiger partial charge in [0.25, 0.3) is 0 Å². The Bertz CT molecular complexity index is 565. The minimum atomic E-state index is 0.0234. The lowest BCUT2D eigenvalue weighted by atomic mass is 10.1. The lowest BCUT2D eigenvalue weighted by Gasteiger charge is -2.00. The summed E-state index contributed by atoms with van der Waals surface area (Å²) in [6.07, 6.45) is 2.46. The monoisotopic (exact) mass is 275 g/mol. The van der Waals surface area contributed by atoms with E-state index in [0.29, 0.717) is 17.2 Å². The minimum absolute atomic E-state index is 0.0234. The average molecular weight is 275 g/mol. The number of nitrogens with two attached hydrogens (primary N) is 1. The first-order chi connectivity index (χ1) is 9.19. The summed E-state index contributed by atoms with van der Waals surface area (Å²) in [5.74, 6) is 0.0234. The molecule has 4 nitrogen and oxygen atoms in total. The summed E-state index contributed by atoms with van der Waals surface area (Å²) < 4.78 is 0. The third-order valence-electron chi connectivity index (χ3n) is 2.69. The van der Waals surface area contributed by atoms with Crippen LogP contribution in [0.4, 0.5) is 10.8 Å². The van der Waals surface area contributed by atoms with E-state index in [1.54, 1.807) is 0 Å². The Balaban J connectivity index is 2.05. The van der Waals surface area contributed by atoms with Crippen molar-refractivity contribution in [3.63, 3.8) is 0 Å². The van der Waals surface area contributed by atoms with Crippen LogP contribution >= 0.6 is 11.3 Å². The molecule has 0 aliphatic heterocycles. The average Bonchev–Trinajstić information content (AvgIpc) is 2.85. The van der Waals surface area contributed by atoms with Crippen LogP contribution in [0, 0.1) is 0 Å². The smallest absolute Gasteiger partial charge is 0.226 e. The molecule has 0 spiro atoms. The van der Waals surface area contributed by atoms with Gasteiger partial charge in [0.15, 0.2) is 5.13 Å². The van der Waals surface area contributed by atoms with Gasteiger partial charge >= 0.3 is 0 Å². The standard InChI is InChI=1S/C14H17N3OS/c1-2-3-7-13(18)17-14-16-12(9-19-14)10-5-4-6-11(15)8-10/h4-6,8-9H,2-3,7,15H2,1H3,(H,16,17,18). The molecule has 100 valence electrons. The number of amides is 1. The van der Waals surface area contributed by atoms with Crippen LogP contribution in [0.25, 0.3) is 11.3 Å². The van der Waals surface area contributed by atoms with Crippen LogP contribution in [0.5, 0.6) is 0 Å². The molecule has 3 N–H and O–H groups in total. The molecule has 0 unspecified atom stereocenters. The van der Waals surface area contributed by atoms with Crippen molar-refractivity contribution in [3.05, 3.63) is 29.6 Å². The molecule has 5 heteroatoms. The predicted octanol–water partition coefficient (Wildman–Crippen LogP) is 3.52. The molecule has 2 rings (SSSR count). The number of carbonyl (C=O) groups excluding carboxylic acids is 1. The molecule has 1 aromatic heterocycles. The van der Waals surface area contributed by atoms with E-state index in [4.69, 9.17) is 5.73 Å². The number of hydrogen-bond donors (Lipinski definition) is 2. The number of benzene rings is 1. The summed E-state index contributed by atoms with van der Waals surface area (Å²) in [4.78, 5) is 16.0. The van der Waals surface area contributed by atoms with Gasteiger partial charge < -0.3 is 11.1 Å². The third-order valence-corrected chi connectivity index (χ3v) is 3.45. The Labute approximate surface area is 116 Å². The number of aromatic nitrogens is 1. The predicted molar refractivity (Wildman–Crippen MR) is 80.1 cm³/mol. The van der Waals surface area contributed by atoms with Gasteiger partial charge in [0.2, 0.25) is 5.91 Å². The number of nitrogen functional groups attached to an aromatic ring is 1. The fourth-order valence-corrected chi connectivity index (χ4v) is 2.42. The highest BCUT2D eigenvalue weighted by Gasteiger charge is 2.07. The summed E-state index contributed by atoms with van der Waals surface area (Å²) in [5.41, 5.74) is 8.25. The van der Waals surface area contributed by atoms with Crippen LogP contribution in [0.15, 0.2) is 29.6 Å². The van der Waals surface area contributed by atoms with Gasteiger partial charge in [-0.3, -0.25) is 4.79 Å². The van der Waals surface area contributed by atoms with Crippen molar-refractivity contribution >= 4 is 28.1 Å². The second-order valence-corrected chi connectivity index (χ2v) is 5.17. The number of nitrogens with one attached hydrogen (secondary N) is 1. The highest BCUT2D eigenvalue weighted by molar-refractivity contribution is 7.14. The first-order valence-corrected chi connectivity index (χ1v) is 7.18. The molecule has 0 radical (unpaired) electrons. The number of hydrogen-bond acceptors (Lipinski definition) is 4. The van der Waals surface area contributed by atoms with Gasteiger partial charge in [-0.2, -0.15) is 0 Å². The Kier molecular flexibility index (Phi) is 4.52. The SMILES string of the molecule is CCCCC(=O)Nc1nc(-c2cccc(N)c2)cs1. The largest absolute Gasteiger partial charge is 0.399 e. The zero-order valence-electron chi connectivity index (χ0n) is 10.8. The van der Waals surface area contributed by atoms with Gasteiger partial charge in [0, 0.05) is 23.1 Å². The van der Waals surface area contributed by atoms with Crippen LogP contribution < -0.4 is 11.1 Å². The quantitative estimate of drug-likeness (QED) is 0.820. The molecule has 0 aliphatic rings. The molecule has 1 amide bonds. The van der Waals surface area contributed by atoms with Crippen molar-refractivity contribution in [2.75, 3.05) is 11.1 Å². The summed E-state index contributed by atoms with van der Waals surface area (Å²) in [6.45, 7) is 2.06. The van der Waals surface area contributed by atoms with Crippen LogP contribution in [0.2, 0.25) is 0 Å². The van der Waals surface area contributed by atoms with Crippen LogP contribution in [-0.4, -0.2) is 10.9 Å². The van der Waals surface area contributed by atoms with E-state index in [-0.39, 0.29) is 5.91 Å². The summed E-state index contributed by atoms with van der Waals surface area (Å²) >= 11 is 1.43. The van der Waals surface area contributed by atoms with Gasteiger partial charge in [-0.05, 0) is 18.6 Å². The lowest BCUT2D eigenvalue weighted by molar-refractivity contribution is -0.116. The molecule has 19 heavy (non-hydrogen) atoms. The van der Waals surface area contributed by atoms with Crippen molar-refractivity contribution < 1.29 is 4.79 Å². The summed E-state index contributed by atoms with van der Waals surface area (Å²) in [7, 11) is 0. The molecular formula is C14H17N3OS. The maximum Gasteiger partial charge on any atom is 0.226 e. The number of thiazole rings is 1. The van der Waals surface area contributed by atoms with Crippen LogP contribution in [0.1, 0.15) is 26.2 Å². The second kappa shape index (κ2) is 6.33. The molecular weight excluding hydrogens is 258 g/mol. The zero-order valence-corrected chi connectivity index (χ0v) is 11.7. The van der Waals surface area contributed by atoms with Crippen molar-refractivity contribution in [2.45, 2.75) is 26.2 Å². The minimum Gasteiger partial charge on any atom is -0.399 e. The Morgan fingerprint density at radius 1 is 1.47 bits per heavy atom. The van der Waals surface area contributed by atoms with Gasteiger partial charge in [0.05, 0.1) is 5.69 Å². The fraction of sp³-hybridized carbons (Fsp3) is 0.286. The van der Waals surface area contributed by atoms with E-state index < -0.39 is 0 Å². The van der Waals surface area contributed by atoms with Crippen LogP contribution in [0.3, 0.4) is 0 Å². The first kappa shape index (κ1) is 13.5. The highest BCUT2D eigenvalue weighted by Crippen LogP contribution is 2.26. The molecule has 0 saturated carbocycles. The van der Waals surface area contributed by atoms with Crippen molar-refractivity contribution in [3.8, 4) is 11.3 Å². The van der Waals surface area contributed by atoms with Crippen molar-refractivity contribution in [1.82, 2.24) is 4.98 Å². The van der Waals surface area contributed by atoms with E-state index in [1.807, 2.05) is 29.6 Å². The molecule has 2 aromatic rings. The van der Waals surface area contributed by atoms with E-state index in [1.165, 1.54) is 11.3 Å². The lowest BCUT2D eigenvalue weighted by Crippen LogP contribution is -2.10. The Hall–Kier alpha value is -1.88. The van der Waals surface area contributed by atoms with Gasteiger partial charge in [-0.15, -0.1) is 11.3 Å². The maximum absolute atomic E-state index is 11.6. The normalized spacial score (nSPS) is 10.4. The maximum atomic E-state index is 11.6. The van der Waals surface area contributed by atoms with E-state index >= 15 is 0 Å². The number of unbranched alkanes of at least 4 members (excludes halogenated alkanes) is 1. The highest BCUT2D eigenvalue weighted by atomic mass is 32.1. The number of carbonyl (C=O) groups is 1. The fourth-order valence-electron chi connectivity index (χ4n) is 1.68. The van der Waals surface area contributed by atoms with E-state index in [9.17, 15) is 4.79 Å². The van der Waals surface area contributed by atoms with Crippen molar-refractivity contribution in [1.29, 1.82) is 0 Å². The van der Waals surface area contributed by atoms with Crippen molar-refractivity contribution in [2.24, 2.45) is 0 Å². The summed E-state index contributed by atoms with van der Waals surface area (Å²) in [6, 6.07) is 7.55. The van der Waals surface area contributed by atoms with Gasteiger partial charge in [0.1, 0.15) is 0 Å². The molecule has 0 atom stereocenters. The molecule has 0 saturated heterocycles. The second-order valence-electron chi connectivity index (χ2n) is 4.32. The number of anilines is 2. The Morgan fingerprint density at radius 3 is 3.05 bits per heavy atom. The van der Waals surface area contributed by atoms with Crippen LogP contribution in [-0.2, 0) is 4.79 Å². The first-order valence-electron chi connectivity index (χ1n) is 6.30. The molecule has 0 bridgehead atoms. The number of rotatable bonds is 5. The topological polar surface area (TPSA) is 68.0 Å². The molecule has 1 aromatic carbocycles. The van der Waals surface area contributed by atoms with E-state index in [2.05, 4.69) is 17.2 Å².